The zero-order valence-corrected chi connectivity index (χ0v) is 17.1. The van der Waals surface area contributed by atoms with Crippen LogP contribution >= 0.6 is 23.2 Å². The summed E-state index contributed by atoms with van der Waals surface area (Å²) in [5.41, 5.74) is 3.69. The van der Waals surface area contributed by atoms with Crippen LogP contribution in [0.25, 0.3) is 16.9 Å². The lowest BCUT2D eigenvalue weighted by Gasteiger charge is -2.04. The molecule has 0 unspecified atom stereocenters. The monoisotopic (exact) mass is 421 g/mol. The topological polar surface area (TPSA) is 50.1 Å². The van der Waals surface area contributed by atoms with Gasteiger partial charge in [0.2, 0.25) is 0 Å². The van der Waals surface area contributed by atoms with Gasteiger partial charge < -0.3 is 0 Å². The van der Waals surface area contributed by atoms with Crippen LogP contribution in [0.15, 0.2) is 88.6 Å². The maximum absolute atomic E-state index is 13.3. The van der Waals surface area contributed by atoms with Crippen LogP contribution in [-0.2, 0) is 0 Å². The molecule has 0 aliphatic carbocycles. The third kappa shape index (κ3) is 3.90. The number of para-hydroxylation sites is 1. The standard InChI is InChI=1S/C23H17Cl2N3O/c1-15(26-20-14-17(24)12-13-19(20)25)21-22(16-8-4-2-5-9-16)27-28(23(21)29)18-10-6-3-7-11-18/h2-14,27H,1H3. The van der Waals surface area contributed by atoms with Gasteiger partial charge in [0.15, 0.2) is 0 Å². The first-order valence-corrected chi connectivity index (χ1v) is 9.77. The number of nitrogens with one attached hydrogen (secondary N) is 1. The van der Waals surface area contributed by atoms with Crippen molar-refractivity contribution in [2.45, 2.75) is 6.92 Å². The molecule has 0 spiro atoms. The van der Waals surface area contributed by atoms with Crippen LogP contribution in [-0.4, -0.2) is 15.5 Å². The SMILES string of the molecule is CC(=Nc1cc(Cl)ccc1Cl)c1c(-c2ccccc2)[nH]n(-c2ccccc2)c1=O. The van der Waals surface area contributed by atoms with E-state index in [4.69, 9.17) is 23.2 Å². The summed E-state index contributed by atoms with van der Waals surface area (Å²) in [5.74, 6) is 0. The molecule has 6 heteroatoms. The highest BCUT2D eigenvalue weighted by molar-refractivity contribution is 6.35. The fraction of sp³-hybridized carbons (Fsp3) is 0.0435. The van der Waals surface area contributed by atoms with Crippen LogP contribution in [0, 0.1) is 0 Å². The zero-order valence-electron chi connectivity index (χ0n) is 15.6. The summed E-state index contributed by atoms with van der Waals surface area (Å²) in [5, 5.41) is 4.23. The second-order valence-electron chi connectivity index (χ2n) is 6.50. The summed E-state index contributed by atoms with van der Waals surface area (Å²) < 4.78 is 1.52. The minimum atomic E-state index is -0.186. The van der Waals surface area contributed by atoms with Crippen molar-refractivity contribution < 1.29 is 0 Å². The Morgan fingerprint density at radius 1 is 0.931 bits per heavy atom. The number of rotatable bonds is 4. The van der Waals surface area contributed by atoms with Gasteiger partial charge in [0.05, 0.1) is 33.4 Å². The Balaban J connectivity index is 1.94. The van der Waals surface area contributed by atoms with E-state index in [2.05, 4.69) is 10.1 Å². The molecule has 0 fully saturated rings. The van der Waals surface area contributed by atoms with E-state index in [9.17, 15) is 4.79 Å². The number of H-pyrrole nitrogens is 1. The largest absolute Gasteiger partial charge is 0.290 e. The molecule has 144 valence electrons. The van der Waals surface area contributed by atoms with Gasteiger partial charge >= 0.3 is 0 Å². The average Bonchev–Trinajstić information content (AvgIpc) is 3.09. The smallest absolute Gasteiger partial charge is 0.280 e. The van der Waals surface area contributed by atoms with Crippen molar-refractivity contribution in [1.29, 1.82) is 0 Å². The number of nitrogens with zero attached hydrogens (tertiary/aromatic N) is 2. The summed E-state index contributed by atoms with van der Waals surface area (Å²) in [7, 11) is 0. The summed E-state index contributed by atoms with van der Waals surface area (Å²) in [4.78, 5) is 17.9. The summed E-state index contributed by atoms with van der Waals surface area (Å²) >= 11 is 12.4. The van der Waals surface area contributed by atoms with Gasteiger partial charge in [-0.3, -0.25) is 14.9 Å². The van der Waals surface area contributed by atoms with Crippen molar-refractivity contribution in [3.05, 3.63) is 105 Å². The number of aromatic amines is 1. The minimum Gasteiger partial charge on any atom is -0.290 e. The van der Waals surface area contributed by atoms with Crippen molar-refractivity contribution in [2.75, 3.05) is 0 Å². The lowest BCUT2D eigenvalue weighted by Crippen LogP contribution is -2.19. The summed E-state index contributed by atoms with van der Waals surface area (Å²) in [6.07, 6.45) is 0. The Hall–Kier alpha value is -3.08. The Kier molecular flexibility index (Phi) is 5.38. The summed E-state index contributed by atoms with van der Waals surface area (Å²) in [6.45, 7) is 1.80. The maximum atomic E-state index is 13.3. The van der Waals surface area contributed by atoms with E-state index in [0.29, 0.717) is 32.7 Å². The fourth-order valence-electron chi connectivity index (χ4n) is 3.15. The zero-order chi connectivity index (χ0) is 20.4. The Morgan fingerprint density at radius 3 is 2.28 bits per heavy atom. The molecule has 0 saturated heterocycles. The lowest BCUT2D eigenvalue weighted by molar-refractivity contribution is 0.852. The molecule has 0 aliphatic heterocycles. The maximum Gasteiger partial charge on any atom is 0.280 e. The normalized spacial score (nSPS) is 11.6. The van der Waals surface area contributed by atoms with Gasteiger partial charge in [-0.25, -0.2) is 4.68 Å². The fourth-order valence-corrected chi connectivity index (χ4v) is 3.48. The molecule has 0 aliphatic rings. The Morgan fingerprint density at radius 2 is 1.59 bits per heavy atom. The van der Waals surface area contributed by atoms with Gasteiger partial charge in [0.25, 0.3) is 5.56 Å². The quantitative estimate of drug-likeness (QED) is 0.387. The molecule has 3 aromatic carbocycles. The molecule has 1 aromatic heterocycles. The highest BCUT2D eigenvalue weighted by Gasteiger charge is 2.19. The Labute approximate surface area is 178 Å². The molecule has 1 heterocycles. The molecule has 4 nitrogen and oxygen atoms in total. The summed E-state index contributed by atoms with van der Waals surface area (Å²) in [6, 6.07) is 24.2. The lowest BCUT2D eigenvalue weighted by atomic mass is 10.1. The van der Waals surface area contributed by atoms with E-state index in [1.807, 2.05) is 60.7 Å². The molecule has 0 atom stereocenters. The van der Waals surface area contributed by atoms with E-state index in [0.717, 1.165) is 11.3 Å². The molecular weight excluding hydrogens is 405 g/mol. The van der Waals surface area contributed by atoms with Crippen molar-refractivity contribution in [3.8, 4) is 16.9 Å². The second-order valence-corrected chi connectivity index (χ2v) is 7.34. The molecule has 0 bridgehead atoms. The predicted molar refractivity (Wildman–Crippen MR) is 120 cm³/mol. The van der Waals surface area contributed by atoms with E-state index in [1.165, 1.54) is 4.68 Å². The van der Waals surface area contributed by atoms with Gasteiger partial charge in [0.1, 0.15) is 0 Å². The van der Waals surface area contributed by atoms with Crippen LogP contribution < -0.4 is 5.56 Å². The number of benzene rings is 3. The van der Waals surface area contributed by atoms with E-state index in [-0.39, 0.29) is 5.56 Å². The van der Waals surface area contributed by atoms with Crippen LogP contribution in [0.2, 0.25) is 10.0 Å². The number of halogens is 2. The minimum absolute atomic E-state index is 0.186. The van der Waals surface area contributed by atoms with Crippen LogP contribution in [0.5, 0.6) is 0 Å². The van der Waals surface area contributed by atoms with E-state index >= 15 is 0 Å². The molecule has 4 aromatic rings. The number of aromatic nitrogens is 2. The van der Waals surface area contributed by atoms with Crippen LogP contribution in [0.1, 0.15) is 12.5 Å². The Bertz CT molecular complexity index is 1240. The van der Waals surface area contributed by atoms with Gasteiger partial charge in [-0.1, -0.05) is 71.7 Å². The number of hydrogen-bond donors (Lipinski definition) is 1. The first-order chi connectivity index (χ1) is 14.0. The van der Waals surface area contributed by atoms with E-state index in [1.54, 1.807) is 25.1 Å². The first-order valence-electron chi connectivity index (χ1n) is 9.01. The predicted octanol–water partition coefficient (Wildman–Crippen LogP) is 6.28. The highest BCUT2D eigenvalue weighted by atomic mass is 35.5. The van der Waals surface area contributed by atoms with Gasteiger partial charge in [0, 0.05) is 10.6 Å². The molecule has 29 heavy (non-hydrogen) atoms. The van der Waals surface area contributed by atoms with Crippen molar-refractivity contribution in [2.24, 2.45) is 4.99 Å². The van der Waals surface area contributed by atoms with Gasteiger partial charge in [-0.05, 0) is 37.3 Å². The second kappa shape index (κ2) is 8.11. The molecular formula is C23H17Cl2N3O. The molecule has 4 rings (SSSR count). The van der Waals surface area contributed by atoms with Crippen molar-refractivity contribution in [1.82, 2.24) is 9.78 Å². The average molecular weight is 422 g/mol. The third-order valence-electron chi connectivity index (χ3n) is 4.53. The third-order valence-corrected chi connectivity index (χ3v) is 5.08. The molecule has 0 saturated carbocycles. The van der Waals surface area contributed by atoms with Crippen LogP contribution in [0.3, 0.4) is 0 Å². The molecule has 0 amide bonds. The number of aliphatic imine (C=N–C) groups is 1. The van der Waals surface area contributed by atoms with E-state index < -0.39 is 0 Å². The molecule has 0 radical (unpaired) electrons. The first kappa shape index (κ1) is 19.2. The highest BCUT2D eigenvalue weighted by Crippen LogP contribution is 2.29. The van der Waals surface area contributed by atoms with Gasteiger partial charge in [-0.15, -0.1) is 0 Å². The number of hydrogen-bond acceptors (Lipinski definition) is 2. The molecule has 1 N–H and O–H groups in total. The van der Waals surface area contributed by atoms with Gasteiger partial charge in [-0.2, -0.15) is 0 Å². The van der Waals surface area contributed by atoms with Crippen molar-refractivity contribution >= 4 is 34.6 Å². The van der Waals surface area contributed by atoms with Crippen LogP contribution in [0.4, 0.5) is 5.69 Å². The van der Waals surface area contributed by atoms with Crippen molar-refractivity contribution in [3.63, 3.8) is 0 Å².